The second-order valence-electron chi connectivity index (χ2n) is 9.13. The Morgan fingerprint density at radius 2 is 1.95 bits per heavy atom. The Balaban J connectivity index is 1.78. The summed E-state index contributed by atoms with van der Waals surface area (Å²) in [5.74, 6) is -0.158. The number of carbonyl (C=O) groups excluding carboxylic acids is 2. The van der Waals surface area contributed by atoms with Crippen LogP contribution in [0.4, 0.5) is 5.82 Å². The van der Waals surface area contributed by atoms with Crippen molar-refractivity contribution >= 4 is 40.4 Å². The molecule has 0 fully saturated rings. The van der Waals surface area contributed by atoms with Crippen molar-refractivity contribution in [1.29, 1.82) is 0 Å². The smallest absolute Gasteiger partial charge is 0.293 e. The first-order valence-electron chi connectivity index (χ1n) is 11.3. The summed E-state index contributed by atoms with van der Waals surface area (Å²) in [5.41, 5.74) is -0.458. The van der Waals surface area contributed by atoms with Crippen LogP contribution in [-0.4, -0.2) is 43.1 Å². The van der Waals surface area contributed by atoms with Crippen molar-refractivity contribution < 1.29 is 14.3 Å². The second kappa shape index (κ2) is 10.7. The van der Waals surface area contributed by atoms with Crippen molar-refractivity contribution in [1.82, 2.24) is 24.3 Å². The summed E-state index contributed by atoms with van der Waals surface area (Å²) in [7, 11) is 1.38. The van der Waals surface area contributed by atoms with Gasteiger partial charge in [0, 0.05) is 28.8 Å². The van der Waals surface area contributed by atoms with Gasteiger partial charge in [0.05, 0.1) is 36.4 Å². The van der Waals surface area contributed by atoms with Crippen LogP contribution >= 0.6 is 22.9 Å². The monoisotopic (exact) mass is 540 g/mol. The van der Waals surface area contributed by atoms with Crippen LogP contribution in [0.25, 0.3) is 11.4 Å². The first-order valence-corrected chi connectivity index (χ1v) is 12.5. The lowest BCUT2D eigenvalue weighted by molar-refractivity contribution is 0.0752. The topological polar surface area (TPSA) is 121 Å². The number of nitrogens with one attached hydrogen (secondary N) is 1. The highest BCUT2D eigenvalue weighted by Gasteiger charge is 2.28. The molecule has 12 heteroatoms. The van der Waals surface area contributed by atoms with E-state index in [-0.39, 0.29) is 23.9 Å². The summed E-state index contributed by atoms with van der Waals surface area (Å²) >= 11 is 7.47. The zero-order chi connectivity index (χ0) is 26.7. The number of hydrogen-bond acceptors (Lipinski definition) is 9. The van der Waals surface area contributed by atoms with Crippen molar-refractivity contribution in [3.05, 3.63) is 74.2 Å². The first-order chi connectivity index (χ1) is 17.6. The van der Waals surface area contributed by atoms with Crippen molar-refractivity contribution in [2.75, 3.05) is 12.4 Å². The number of pyridine rings is 1. The lowest BCUT2D eigenvalue weighted by Gasteiger charge is -2.18. The van der Waals surface area contributed by atoms with Crippen LogP contribution in [0.5, 0.6) is 5.75 Å². The van der Waals surface area contributed by atoms with Crippen LogP contribution in [0.3, 0.4) is 0 Å². The van der Waals surface area contributed by atoms with Gasteiger partial charge in [-0.1, -0.05) is 32.4 Å². The van der Waals surface area contributed by atoms with Gasteiger partial charge in [0.1, 0.15) is 17.2 Å². The largest absolute Gasteiger partial charge is 0.491 e. The summed E-state index contributed by atoms with van der Waals surface area (Å²) in [6.07, 6.45) is 4.20. The van der Waals surface area contributed by atoms with Gasteiger partial charge in [-0.2, -0.15) is 9.78 Å². The molecular weight excluding hydrogens is 516 g/mol. The van der Waals surface area contributed by atoms with Crippen LogP contribution in [0, 0.1) is 5.41 Å². The maximum atomic E-state index is 13.2. The normalized spacial score (nSPS) is 11.4. The van der Waals surface area contributed by atoms with Gasteiger partial charge >= 0.3 is 0 Å². The molecule has 0 aliphatic rings. The first kappa shape index (κ1) is 26.2. The molecule has 0 aliphatic carbocycles. The summed E-state index contributed by atoms with van der Waals surface area (Å²) < 4.78 is 8.39. The van der Waals surface area contributed by atoms with E-state index in [0.29, 0.717) is 28.1 Å². The molecule has 0 unspecified atom stereocenters. The fourth-order valence-electron chi connectivity index (χ4n) is 3.49. The van der Waals surface area contributed by atoms with E-state index < -0.39 is 16.8 Å². The fourth-order valence-corrected chi connectivity index (χ4v) is 4.52. The van der Waals surface area contributed by atoms with E-state index in [0.717, 1.165) is 4.88 Å². The van der Waals surface area contributed by atoms with Gasteiger partial charge < -0.3 is 10.1 Å². The Bertz CT molecular complexity index is 1500. The number of ketones is 1. The Morgan fingerprint density at radius 1 is 1.16 bits per heavy atom. The maximum absolute atomic E-state index is 13.2. The highest BCUT2D eigenvalue weighted by Crippen LogP contribution is 2.28. The number of halogens is 1. The van der Waals surface area contributed by atoms with E-state index in [1.807, 2.05) is 6.07 Å². The predicted molar refractivity (Wildman–Crippen MR) is 142 cm³/mol. The molecule has 0 amide bonds. The average Bonchev–Trinajstić information content (AvgIpc) is 3.49. The quantitative estimate of drug-likeness (QED) is 0.326. The summed E-state index contributed by atoms with van der Waals surface area (Å²) in [6, 6.07) is 8.50. The number of thiophene rings is 1. The number of aromatic nitrogens is 5. The predicted octanol–water partition coefficient (Wildman–Crippen LogP) is 4.41. The Labute approximate surface area is 221 Å². The van der Waals surface area contributed by atoms with Crippen molar-refractivity contribution in [2.24, 2.45) is 5.41 Å². The molecule has 0 spiro atoms. The number of rotatable bonds is 8. The molecule has 37 heavy (non-hydrogen) atoms. The maximum Gasteiger partial charge on any atom is 0.293 e. The van der Waals surface area contributed by atoms with E-state index in [2.05, 4.69) is 20.4 Å². The highest BCUT2D eigenvalue weighted by molar-refractivity contribution is 7.16. The van der Waals surface area contributed by atoms with Gasteiger partial charge in [-0.15, -0.1) is 11.3 Å². The summed E-state index contributed by atoms with van der Waals surface area (Å²) in [5, 5.41) is 7.79. The third-order valence-corrected chi connectivity index (χ3v) is 6.62. The molecule has 4 heterocycles. The number of Topliss-reactive ketones (excluding diaryl/α,β-unsaturated/α-hetero) is 1. The molecule has 0 atom stereocenters. The zero-order valence-corrected chi connectivity index (χ0v) is 22.3. The van der Waals surface area contributed by atoms with Crippen LogP contribution in [0.2, 0.25) is 4.34 Å². The Hall–Kier alpha value is -3.83. The van der Waals surface area contributed by atoms with Crippen LogP contribution in [0.1, 0.15) is 40.9 Å². The number of nitrogens with zero attached hydrogens (tertiary/aromatic N) is 5. The highest BCUT2D eigenvalue weighted by atomic mass is 35.5. The number of anilines is 1. The molecule has 4 aromatic heterocycles. The number of ether oxygens (including phenoxy) is 1. The summed E-state index contributed by atoms with van der Waals surface area (Å²) in [6.45, 7) is 5.48. The molecule has 10 nitrogen and oxygen atoms in total. The molecule has 1 N–H and O–H groups in total. The third-order valence-electron chi connectivity index (χ3n) is 5.39. The fraction of sp³-hybridized carbons (Fsp3) is 0.280. The zero-order valence-electron chi connectivity index (χ0n) is 20.7. The molecule has 0 saturated carbocycles. The minimum atomic E-state index is -0.729. The standard InChI is InChI=1S/C25H25ClN6O4S/c1-25(2,3)24(35)32-22(29-12-15-5-8-21(26)37-15)11-16(30-32)18-6-7-20(36-4)23(34)31(18)14-19(33)17-13-27-9-10-28-17/h5-11,13,29H,12,14H2,1-4H3. The number of hydrogen-bond donors (Lipinski definition) is 1. The lowest BCUT2D eigenvalue weighted by Crippen LogP contribution is -2.29. The molecule has 4 aromatic rings. The number of carbonyl (C=O) groups is 2. The van der Waals surface area contributed by atoms with Gasteiger partial charge in [0.15, 0.2) is 5.75 Å². The van der Waals surface area contributed by atoms with Gasteiger partial charge in [-0.05, 0) is 24.3 Å². The SMILES string of the molecule is COc1ccc(-c2cc(NCc3ccc(Cl)s3)n(C(=O)C(C)(C)C)n2)n(CC(=O)c2cnccn2)c1=O. The molecule has 0 radical (unpaired) electrons. The van der Waals surface area contributed by atoms with E-state index in [1.54, 1.807) is 39.0 Å². The van der Waals surface area contributed by atoms with Gasteiger partial charge in [-0.3, -0.25) is 23.9 Å². The Morgan fingerprint density at radius 3 is 2.57 bits per heavy atom. The molecule has 0 aromatic carbocycles. The number of methoxy groups -OCH3 is 1. The molecule has 0 aliphatic heterocycles. The van der Waals surface area contributed by atoms with Crippen LogP contribution in [0.15, 0.2) is 53.7 Å². The van der Waals surface area contributed by atoms with E-state index >= 15 is 0 Å². The van der Waals surface area contributed by atoms with E-state index in [9.17, 15) is 14.4 Å². The molecule has 0 saturated heterocycles. The second-order valence-corrected chi connectivity index (χ2v) is 10.9. The van der Waals surface area contributed by atoms with Crippen LogP contribution < -0.4 is 15.6 Å². The van der Waals surface area contributed by atoms with E-state index in [4.69, 9.17) is 16.3 Å². The minimum absolute atomic E-state index is 0.0637. The van der Waals surface area contributed by atoms with Crippen molar-refractivity contribution in [2.45, 2.75) is 33.9 Å². The van der Waals surface area contributed by atoms with E-state index in [1.165, 1.54) is 52.4 Å². The molecular formula is C25H25ClN6O4S. The third kappa shape index (κ3) is 5.78. The van der Waals surface area contributed by atoms with Crippen molar-refractivity contribution in [3.63, 3.8) is 0 Å². The Kier molecular flexibility index (Phi) is 7.55. The lowest BCUT2D eigenvalue weighted by atomic mass is 9.96. The molecule has 4 rings (SSSR count). The molecule has 192 valence electrons. The molecule has 0 bridgehead atoms. The van der Waals surface area contributed by atoms with Crippen molar-refractivity contribution in [3.8, 4) is 17.1 Å². The van der Waals surface area contributed by atoms with Crippen LogP contribution in [-0.2, 0) is 13.1 Å². The van der Waals surface area contributed by atoms with Gasteiger partial charge in [0.25, 0.3) is 11.5 Å². The van der Waals surface area contributed by atoms with Gasteiger partial charge in [0.2, 0.25) is 5.78 Å². The van der Waals surface area contributed by atoms with Gasteiger partial charge in [-0.25, -0.2) is 4.98 Å². The minimum Gasteiger partial charge on any atom is -0.491 e. The summed E-state index contributed by atoms with van der Waals surface area (Å²) in [4.78, 5) is 48.3. The average molecular weight is 541 g/mol.